The van der Waals surface area contributed by atoms with Crippen molar-refractivity contribution in [3.8, 4) is 0 Å². The van der Waals surface area contributed by atoms with Crippen molar-refractivity contribution in [3.63, 3.8) is 0 Å². The third-order valence-corrected chi connectivity index (χ3v) is 2.76. The zero-order valence-electron chi connectivity index (χ0n) is 6.77. The van der Waals surface area contributed by atoms with Crippen LogP contribution in [0.25, 0.3) is 0 Å². The van der Waals surface area contributed by atoms with E-state index >= 15 is 0 Å². The quantitative estimate of drug-likeness (QED) is 0.754. The third-order valence-electron chi connectivity index (χ3n) is 1.23. The van der Waals surface area contributed by atoms with Gasteiger partial charge in [-0.15, -0.1) is 0 Å². The molecule has 0 aliphatic heterocycles. The second-order valence-corrected chi connectivity index (χ2v) is 4.84. The van der Waals surface area contributed by atoms with E-state index in [4.69, 9.17) is 0 Å². The predicted molar refractivity (Wildman–Crippen MR) is 49.4 cm³/mol. The Morgan fingerprint density at radius 3 is 2.46 bits per heavy atom. The highest BCUT2D eigenvalue weighted by atomic mass is 79.9. The molecule has 0 unspecified atom stereocenters. The molecule has 1 heterocycles. The van der Waals surface area contributed by atoms with Crippen molar-refractivity contribution in [2.24, 2.45) is 0 Å². The molecule has 0 N–H and O–H groups in total. The molecular weight excluding hydrogens is 260 g/mol. The van der Waals surface area contributed by atoms with Crippen LogP contribution in [0.3, 0.4) is 0 Å². The molecule has 0 bridgehead atoms. The fourth-order valence-corrected chi connectivity index (χ4v) is 1.42. The molecule has 0 spiro atoms. The Labute approximate surface area is 84.4 Å². The molecule has 0 atom stereocenters. The number of nitrogens with zero attached hydrogens (tertiary/aromatic N) is 2. The smallest absolute Gasteiger partial charge is 0.273 e. The minimum absolute atomic E-state index is 0.213. The summed E-state index contributed by atoms with van der Waals surface area (Å²) in [4.78, 5) is 7.59. The van der Waals surface area contributed by atoms with E-state index in [1.807, 2.05) is 0 Å². The summed E-state index contributed by atoms with van der Waals surface area (Å²) in [6.45, 7) is 0. The minimum atomic E-state index is -3.53. The number of aromatic nitrogens is 2. The predicted octanol–water partition coefficient (Wildman–Crippen LogP) is 0.715. The van der Waals surface area contributed by atoms with E-state index in [2.05, 4.69) is 30.1 Å². The lowest BCUT2D eigenvalue weighted by atomic mass is 10.6. The van der Waals surface area contributed by atoms with Crippen molar-refractivity contribution in [2.75, 3.05) is 7.11 Å². The average molecular weight is 267 g/mol. The van der Waals surface area contributed by atoms with Crippen LogP contribution < -0.4 is 0 Å². The van der Waals surface area contributed by atoms with E-state index in [1.54, 1.807) is 0 Å². The molecule has 0 fully saturated rings. The normalized spacial score (nSPS) is 11.5. The minimum Gasteiger partial charge on any atom is -0.273 e. The first-order valence-electron chi connectivity index (χ1n) is 3.28. The van der Waals surface area contributed by atoms with Crippen LogP contribution in [0, 0.1) is 0 Å². The van der Waals surface area contributed by atoms with Crippen molar-refractivity contribution in [1.82, 2.24) is 9.97 Å². The maximum absolute atomic E-state index is 10.9. The first-order chi connectivity index (χ1) is 6.03. The van der Waals surface area contributed by atoms with E-state index in [0.717, 1.165) is 7.11 Å². The molecule has 0 aliphatic carbocycles. The second-order valence-electron chi connectivity index (χ2n) is 2.19. The molecule has 7 heteroatoms. The molecule has 0 aliphatic rings. The van der Waals surface area contributed by atoms with Crippen LogP contribution in [0.5, 0.6) is 0 Å². The molecular formula is C6H7BrN2O3S. The zero-order valence-corrected chi connectivity index (χ0v) is 9.17. The summed E-state index contributed by atoms with van der Waals surface area (Å²) in [6.07, 6.45) is 2.96. The number of hydrogen-bond donors (Lipinski definition) is 0. The molecule has 1 aromatic rings. The van der Waals surface area contributed by atoms with Crippen LogP contribution in [0.2, 0.25) is 0 Å². The zero-order chi connectivity index (χ0) is 9.90. The Balaban J connectivity index is 2.82. The lowest BCUT2D eigenvalue weighted by molar-refractivity contribution is 0.396. The second kappa shape index (κ2) is 4.12. The van der Waals surface area contributed by atoms with Gasteiger partial charge in [0.25, 0.3) is 10.1 Å². The van der Waals surface area contributed by atoms with Crippen LogP contribution in [0.15, 0.2) is 16.9 Å². The van der Waals surface area contributed by atoms with E-state index in [9.17, 15) is 8.42 Å². The Morgan fingerprint density at radius 2 is 2.00 bits per heavy atom. The summed E-state index contributed by atoms with van der Waals surface area (Å²) in [7, 11) is -2.42. The van der Waals surface area contributed by atoms with Crippen molar-refractivity contribution in [3.05, 3.63) is 22.7 Å². The van der Waals surface area contributed by atoms with Gasteiger partial charge in [-0.2, -0.15) is 8.42 Å². The molecule has 0 saturated heterocycles. The monoisotopic (exact) mass is 266 g/mol. The molecule has 0 amide bonds. The summed E-state index contributed by atoms with van der Waals surface area (Å²) in [5, 5.41) is 0. The lowest BCUT2D eigenvalue weighted by Gasteiger charge is -1.99. The van der Waals surface area contributed by atoms with Gasteiger partial charge in [-0.05, 0) is 15.9 Å². The fourth-order valence-electron chi connectivity index (χ4n) is 0.631. The molecule has 0 aromatic carbocycles. The van der Waals surface area contributed by atoms with Gasteiger partial charge in [-0.3, -0.25) is 4.18 Å². The fraction of sp³-hybridized carbons (Fsp3) is 0.333. The highest BCUT2D eigenvalue weighted by Crippen LogP contribution is 2.06. The number of rotatable bonds is 3. The molecule has 5 nitrogen and oxygen atoms in total. The van der Waals surface area contributed by atoms with Crippen LogP contribution >= 0.6 is 15.9 Å². The summed E-state index contributed by atoms with van der Waals surface area (Å²) in [5.74, 6) is -0.0957. The molecule has 1 rings (SSSR count). The van der Waals surface area contributed by atoms with E-state index in [1.165, 1.54) is 12.4 Å². The number of hydrogen-bond acceptors (Lipinski definition) is 5. The van der Waals surface area contributed by atoms with Crippen LogP contribution in [-0.2, 0) is 20.1 Å². The standard InChI is InChI=1S/C6H7BrN2O3S/c1-12-13(10,11)4-6-8-2-5(7)3-9-6/h2-3H,4H2,1H3. The van der Waals surface area contributed by atoms with E-state index in [0.29, 0.717) is 4.47 Å². The SMILES string of the molecule is COS(=O)(=O)Cc1ncc(Br)cn1. The highest BCUT2D eigenvalue weighted by Gasteiger charge is 2.11. The average Bonchev–Trinajstić information content (AvgIpc) is 2.09. The first kappa shape index (κ1) is 10.6. The third kappa shape index (κ3) is 3.37. The van der Waals surface area contributed by atoms with Gasteiger partial charge in [0.15, 0.2) is 0 Å². The maximum Gasteiger partial charge on any atom is 0.274 e. The molecule has 0 saturated carbocycles. The van der Waals surface area contributed by atoms with Crippen LogP contribution in [0.4, 0.5) is 0 Å². The Kier molecular flexibility index (Phi) is 3.34. The van der Waals surface area contributed by atoms with Gasteiger partial charge in [-0.1, -0.05) is 0 Å². The van der Waals surface area contributed by atoms with Gasteiger partial charge in [-0.25, -0.2) is 9.97 Å². The van der Waals surface area contributed by atoms with Gasteiger partial charge in [0.05, 0.1) is 11.6 Å². The van der Waals surface area contributed by atoms with Gasteiger partial charge in [0.2, 0.25) is 0 Å². The summed E-state index contributed by atoms with van der Waals surface area (Å²) in [5.41, 5.74) is 0. The molecule has 1 aromatic heterocycles. The highest BCUT2D eigenvalue weighted by molar-refractivity contribution is 9.10. The Bertz CT molecular complexity index is 375. The van der Waals surface area contributed by atoms with Crippen LogP contribution in [-0.4, -0.2) is 25.5 Å². The molecule has 0 radical (unpaired) electrons. The van der Waals surface area contributed by atoms with Crippen molar-refractivity contribution < 1.29 is 12.6 Å². The van der Waals surface area contributed by atoms with Gasteiger partial charge in [0, 0.05) is 12.4 Å². The van der Waals surface area contributed by atoms with E-state index in [-0.39, 0.29) is 11.6 Å². The van der Waals surface area contributed by atoms with Crippen molar-refractivity contribution in [2.45, 2.75) is 5.75 Å². The van der Waals surface area contributed by atoms with Gasteiger partial charge < -0.3 is 0 Å². The first-order valence-corrected chi connectivity index (χ1v) is 5.65. The van der Waals surface area contributed by atoms with Crippen molar-refractivity contribution >= 4 is 26.0 Å². The topological polar surface area (TPSA) is 69.2 Å². The summed E-state index contributed by atoms with van der Waals surface area (Å²) >= 11 is 3.14. The van der Waals surface area contributed by atoms with Gasteiger partial charge in [0.1, 0.15) is 11.6 Å². The van der Waals surface area contributed by atoms with Crippen LogP contribution in [0.1, 0.15) is 5.82 Å². The summed E-state index contributed by atoms with van der Waals surface area (Å²) < 4.78 is 26.8. The Hall–Kier alpha value is -0.530. The number of halogens is 1. The van der Waals surface area contributed by atoms with E-state index < -0.39 is 10.1 Å². The summed E-state index contributed by atoms with van der Waals surface area (Å²) in [6, 6.07) is 0. The largest absolute Gasteiger partial charge is 0.274 e. The van der Waals surface area contributed by atoms with Gasteiger partial charge >= 0.3 is 0 Å². The maximum atomic E-state index is 10.9. The Morgan fingerprint density at radius 1 is 1.46 bits per heavy atom. The lowest BCUT2D eigenvalue weighted by Crippen LogP contribution is -2.08. The molecule has 13 heavy (non-hydrogen) atoms. The van der Waals surface area contributed by atoms with Crippen molar-refractivity contribution in [1.29, 1.82) is 0 Å². The molecule has 72 valence electrons.